The molecule has 4 unspecified atom stereocenters. The minimum atomic E-state index is 0.675. The molecular formula is C20H32. The second kappa shape index (κ2) is 4.49. The Balaban J connectivity index is 0.000000121. The number of allylic oxidation sites excluding steroid dienone is 3. The Morgan fingerprint density at radius 2 is 1.95 bits per heavy atom. The standard InChI is InChI=1S/2C10H16/c1-7-4-5-8-9(6-7)10(8,2)3;1-7(2)10-5-4-8(3)9(10)6-10/h4,8-9H,5-6H2,1-3H3;7,9H,3-6H2,1-2H3. The van der Waals surface area contributed by atoms with Crippen LogP contribution in [0.3, 0.4) is 0 Å². The monoisotopic (exact) mass is 272 g/mol. The largest absolute Gasteiger partial charge is 0.0996 e. The summed E-state index contributed by atoms with van der Waals surface area (Å²) in [6.07, 6.45) is 9.33. The summed E-state index contributed by atoms with van der Waals surface area (Å²) in [5.74, 6) is 3.86. The van der Waals surface area contributed by atoms with Crippen molar-refractivity contribution in [3.63, 3.8) is 0 Å². The molecule has 0 nitrogen and oxygen atoms in total. The molecule has 0 aromatic rings. The van der Waals surface area contributed by atoms with E-state index in [9.17, 15) is 0 Å². The highest BCUT2D eigenvalue weighted by Gasteiger charge is 2.60. The first-order chi connectivity index (χ1) is 9.29. The molecule has 0 aromatic carbocycles. The van der Waals surface area contributed by atoms with Gasteiger partial charge in [0, 0.05) is 0 Å². The van der Waals surface area contributed by atoms with Crippen LogP contribution in [0.25, 0.3) is 0 Å². The number of fused-ring (bicyclic) bond motifs is 2. The molecule has 0 aromatic heterocycles. The first-order valence-corrected chi connectivity index (χ1v) is 8.62. The highest BCUT2D eigenvalue weighted by molar-refractivity contribution is 5.26. The van der Waals surface area contributed by atoms with E-state index >= 15 is 0 Å². The summed E-state index contributed by atoms with van der Waals surface area (Å²) in [6.45, 7) is 15.9. The molecule has 4 rings (SSSR count). The number of hydrogen-bond acceptors (Lipinski definition) is 0. The van der Waals surface area contributed by atoms with Crippen LogP contribution in [0.5, 0.6) is 0 Å². The minimum Gasteiger partial charge on any atom is -0.0996 e. The van der Waals surface area contributed by atoms with Gasteiger partial charge in [0.1, 0.15) is 0 Å². The van der Waals surface area contributed by atoms with Gasteiger partial charge in [-0.05, 0) is 73.5 Å². The molecule has 4 aliphatic rings. The molecule has 0 amide bonds. The molecule has 20 heavy (non-hydrogen) atoms. The SMILES string of the molecule is C=C1CCC2(C(C)C)CC12.CC1=CCC2C(C1)C2(C)C. The van der Waals surface area contributed by atoms with Crippen molar-refractivity contribution in [1.82, 2.24) is 0 Å². The molecule has 0 aliphatic heterocycles. The van der Waals surface area contributed by atoms with Crippen molar-refractivity contribution in [2.24, 2.45) is 34.5 Å². The van der Waals surface area contributed by atoms with Gasteiger partial charge < -0.3 is 0 Å². The van der Waals surface area contributed by atoms with E-state index in [-0.39, 0.29) is 0 Å². The Labute approximate surface area is 125 Å². The van der Waals surface area contributed by atoms with Crippen molar-refractivity contribution in [2.45, 2.75) is 66.7 Å². The first-order valence-electron chi connectivity index (χ1n) is 8.62. The molecule has 112 valence electrons. The lowest BCUT2D eigenvalue weighted by molar-refractivity contribution is 0.344. The second-order valence-corrected chi connectivity index (χ2v) is 8.83. The van der Waals surface area contributed by atoms with Gasteiger partial charge in [-0.15, -0.1) is 0 Å². The zero-order chi connectivity index (χ0) is 14.7. The zero-order valence-electron chi connectivity index (χ0n) is 14.1. The van der Waals surface area contributed by atoms with Crippen molar-refractivity contribution in [1.29, 1.82) is 0 Å². The second-order valence-electron chi connectivity index (χ2n) is 8.83. The highest BCUT2D eigenvalue weighted by atomic mass is 14.6. The van der Waals surface area contributed by atoms with Crippen molar-refractivity contribution >= 4 is 0 Å². The van der Waals surface area contributed by atoms with Crippen molar-refractivity contribution in [2.75, 3.05) is 0 Å². The number of hydrogen-bond donors (Lipinski definition) is 0. The van der Waals surface area contributed by atoms with E-state index in [1.165, 1.54) is 37.7 Å². The maximum atomic E-state index is 4.10. The summed E-state index contributed by atoms with van der Waals surface area (Å²) in [6, 6.07) is 0. The topological polar surface area (TPSA) is 0 Å². The third-order valence-electron chi connectivity index (χ3n) is 7.22. The third-order valence-corrected chi connectivity index (χ3v) is 7.22. The van der Waals surface area contributed by atoms with Crippen LogP contribution in [0.2, 0.25) is 0 Å². The van der Waals surface area contributed by atoms with Crippen molar-refractivity contribution < 1.29 is 0 Å². The lowest BCUT2D eigenvalue weighted by Gasteiger charge is -2.15. The first kappa shape index (κ1) is 14.4. The van der Waals surface area contributed by atoms with Crippen LogP contribution in [-0.2, 0) is 0 Å². The molecule has 4 atom stereocenters. The van der Waals surface area contributed by atoms with Crippen LogP contribution < -0.4 is 0 Å². The van der Waals surface area contributed by atoms with E-state index in [1.807, 2.05) is 0 Å². The summed E-state index contributed by atoms with van der Waals surface area (Å²) >= 11 is 0. The highest BCUT2D eigenvalue weighted by Crippen LogP contribution is 2.69. The Bertz CT molecular complexity index is 451. The van der Waals surface area contributed by atoms with E-state index in [2.05, 4.69) is 47.3 Å². The Kier molecular flexibility index (Phi) is 3.23. The maximum Gasteiger partial charge on any atom is -0.0141 e. The molecule has 0 saturated heterocycles. The summed E-state index contributed by atoms with van der Waals surface area (Å²) in [5, 5.41) is 0. The fourth-order valence-corrected chi connectivity index (χ4v) is 5.13. The Morgan fingerprint density at radius 1 is 1.25 bits per heavy atom. The smallest absolute Gasteiger partial charge is 0.0141 e. The lowest BCUT2D eigenvalue weighted by atomic mass is 9.90. The Hall–Kier alpha value is -0.520. The fourth-order valence-electron chi connectivity index (χ4n) is 5.13. The summed E-state index contributed by atoms with van der Waals surface area (Å²) < 4.78 is 0. The van der Waals surface area contributed by atoms with Crippen LogP contribution in [0, 0.1) is 34.5 Å². The van der Waals surface area contributed by atoms with E-state index in [1.54, 1.807) is 5.57 Å². The molecule has 3 saturated carbocycles. The van der Waals surface area contributed by atoms with E-state index in [0.717, 1.165) is 29.1 Å². The summed E-state index contributed by atoms with van der Waals surface area (Å²) in [4.78, 5) is 0. The normalized spacial score (nSPS) is 43.2. The zero-order valence-corrected chi connectivity index (χ0v) is 14.1. The minimum absolute atomic E-state index is 0.675. The third kappa shape index (κ3) is 2.11. The van der Waals surface area contributed by atoms with Crippen molar-refractivity contribution in [3.05, 3.63) is 23.8 Å². The number of rotatable bonds is 1. The van der Waals surface area contributed by atoms with Gasteiger partial charge in [-0.3, -0.25) is 0 Å². The van der Waals surface area contributed by atoms with E-state index in [4.69, 9.17) is 0 Å². The molecule has 0 radical (unpaired) electrons. The molecule has 3 fully saturated rings. The van der Waals surface area contributed by atoms with Gasteiger partial charge in [-0.1, -0.05) is 51.5 Å². The molecule has 0 N–H and O–H groups in total. The summed E-state index contributed by atoms with van der Waals surface area (Å²) in [5.41, 5.74) is 4.56. The maximum absolute atomic E-state index is 4.10. The molecule has 0 heterocycles. The fraction of sp³-hybridized carbons (Fsp3) is 0.800. The predicted octanol–water partition coefficient (Wildman–Crippen LogP) is 6.00. The van der Waals surface area contributed by atoms with E-state index in [0.29, 0.717) is 5.41 Å². The van der Waals surface area contributed by atoms with Gasteiger partial charge in [0.05, 0.1) is 0 Å². The van der Waals surface area contributed by atoms with Gasteiger partial charge in [0.2, 0.25) is 0 Å². The molecule has 0 heteroatoms. The van der Waals surface area contributed by atoms with Crippen molar-refractivity contribution in [3.8, 4) is 0 Å². The van der Waals surface area contributed by atoms with Gasteiger partial charge in [0.15, 0.2) is 0 Å². The lowest BCUT2D eigenvalue weighted by Crippen LogP contribution is -2.07. The van der Waals surface area contributed by atoms with Gasteiger partial charge in [0.25, 0.3) is 0 Å². The quantitative estimate of drug-likeness (QED) is 0.514. The average molecular weight is 272 g/mol. The molecule has 4 aliphatic carbocycles. The van der Waals surface area contributed by atoms with Crippen LogP contribution in [0.15, 0.2) is 23.8 Å². The molecule has 0 spiro atoms. The van der Waals surface area contributed by atoms with Gasteiger partial charge >= 0.3 is 0 Å². The molecule has 0 bridgehead atoms. The van der Waals surface area contributed by atoms with Crippen LogP contribution in [0.4, 0.5) is 0 Å². The van der Waals surface area contributed by atoms with Crippen LogP contribution >= 0.6 is 0 Å². The van der Waals surface area contributed by atoms with Crippen LogP contribution in [-0.4, -0.2) is 0 Å². The Morgan fingerprint density at radius 3 is 2.30 bits per heavy atom. The molecular weight excluding hydrogens is 240 g/mol. The predicted molar refractivity (Wildman–Crippen MR) is 87.5 cm³/mol. The van der Waals surface area contributed by atoms with Gasteiger partial charge in [-0.2, -0.15) is 0 Å². The van der Waals surface area contributed by atoms with E-state index < -0.39 is 0 Å². The average Bonchev–Trinajstić information content (AvgIpc) is 3.20. The summed E-state index contributed by atoms with van der Waals surface area (Å²) in [7, 11) is 0. The van der Waals surface area contributed by atoms with Gasteiger partial charge in [-0.25, -0.2) is 0 Å². The van der Waals surface area contributed by atoms with Crippen LogP contribution in [0.1, 0.15) is 66.7 Å².